The van der Waals surface area contributed by atoms with Gasteiger partial charge in [0.25, 0.3) is 0 Å². The molecule has 1 N–H and O–H groups in total. The average Bonchev–Trinajstić information content (AvgIpc) is 2.38. The van der Waals surface area contributed by atoms with Crippen molar-refractivity contribution in [2.75, 3.05) is 18.5 Å². The minimum absolute atomic E-state index is 0.0728. The van der Waals surface area contributed by atoms with Crippen LogP contribution in [0.15, 0.2) is 18.2 Å². The number of nitrogens with one attached hydrogen (secondary N) is 1. The van der Waals surface area contributed by atoms with Crippen LogP contribution in [-0.4, -0.2) is 25.5 Å². The van der Waals surface area contributed by atoms with E-state index in [1.54, 1.807) is 7.05 Å². The van der Waals surface area contributed by atoms with Gasteiger partial charge in [-0.25, -0.2) is 4.39 Å². The Balaban J connectivity index is 2.36. The molecule has 1 aliphatic heterocycles. The minimum atomic E-state index is -4.78. The highest BCUT2D eigenvalue weighted by molar-refractivity contribution is 5.98. The van der Waals surface area contributed by atoms with E-state index in [-0.39, 0.29) is 11.6 Å². The summed E-state index contributed by atoms with van der Waals surface area (Å²) in [5.74, 6) is -1.63. The lowest BCUT2D eigenvalue weighted by molar-refractivity contribution is -0.140. The maximum absolute atomic E-state index is 13.2. The predicted molar refractivity (Wildman–Crippen MR) is 65.8 cm³/mol. The van der Waals surface area contributed by atoms with Crippen molar-refractivity contribution in [2.24, 2.45) is 0 Å². The number of carbonyl (C=O) groups excluding carboxylic acids is 1. The van der Waals surface area contributed by atoms with Crippen LogP contribution in [0, 0.1) is 5.82 Å². The topological polar surface area (TPSA) is 32.3 Å². The fourth-order valence-corrected chi connectivity index (χ4v) is 2.30. The van der Waals surface area contributed by atoms with Gasteiger partial charge in [-0.15, -0.1) is 0 Å². The lowest BCUT2D eigenvalue weighted by Crippen LogP contribution is -2.49. The predicted octanol–water partition coefficient (Wildman–Crippen LogP) is 2.56. The molecule has 3 nitrogen and oxygen atoms in total. The molecule has 2 rings (SSSR count). The highest BCUT2D eigenvalue weighted by atomic mass is 19.4. The minimum Gasteiger partial charge on any atom is -0.311 e. The number of nitrogens with zero attached hydrogens (tertiary/aromatic N) is 1. The number of alkyl halides is 3. The number of amides is 1. The lowest BCUT2D eigenvalue weighted by atomic mass is 10.0. The fraction of sp³-hybridized carbons (Fsp3) is 0.462. The molecule has 1 aliphatic rings. The van der Waals surface area contributed by atoms with Crippen LogP contribution in [0.2, 0.25) is 0 Å². The van der Waals surface area contributed by atoms with E-state index >= 15 is 0 Å². The Morgan fingerprint density at radius 3 is 2.65 bits per heavy atom. The third-order valence-corrected chi connectivity index (χ3v) is 3.35. The molecule has 1 aromatic rings. The second-order valence-corrected chi connectivity index (χ2v) is 4.64. The van der Waals surface area contributed by atoms with E-state index in [4.69, 9.17) is 0 Å². The molecular weight excluding hydrogens is 276 g/mol. The van der Waals surface area contributed by atoms with Crippen LogP contribution < -0.4 is 10.2 Å². The van der Waals surface area contributed by atoms with Crippen molar-refractivity contribution in [3.63, 3.8) is 0 Å². The van der Waals surface area contributed by atoms with Gasteiger partial charge in [-0.3, -0.25) is 4.79 Å². The summed E-state index contributed by atoms with van der Waals surface area (Å²) in [6.07, 6.45) is -3.46. The van der Waals surface area contributed by atoms with Crippen molar-refractivity contribution in [3.8, 4) is 0 Å². The highest BCUT2D eigenvalue weighted by Gasteiger charge is 2.36. The lowest BCUT2D eigenvalue weighted by Gasteiger charge is -2.32. The van der Waals surface area contributed by atoms with Crippen molar-refractivity contribution in [3.05, 3.63) is 29.6 Å². The highest BCUT2D eigenvalue weighted by Crippen LogP contribution is 2.34. The van der Waals surface area contributed by atoms with E-state index in [0.29, 0.717) is 25.5 Å². The summed E-state index contributed by atoms with van der Waals surface area (Å²) < 4.78 is 51.3. The number of hydrogen-bond acceptors (Lipinski definition) is 2. The van der Waals surface area contributed by atoms with Gasteiger partial charge < -0.3 is 10.2 Å². The molecule has 0 aliphatic carbocycles. The van der Waals surface area contributed by atoms with Crippen LogP contribution in [0.25, 0.3) is 0 Å². The number of rotatable bonds is 2. The van der Waals surface area contributed by atoms with E-state index in [1.807, 2.05) is 0 Å². The number of benzene rings is 1. The summed E-state index contributed by atoms with van der Waals surface area (Å²) in [5, 5.41) is 2.82. The van der Waals surface area contributed by atoms with Crippen molar-refractivity contribution in [1.82, 2.24) is 5.32 Å². The molecule has 7 heteroatoms. The van der Waals surface area contributed by atoms with Crippen LogP contribution >= 0.6 is 0 Å². The van der Waals surface area contributed by atoms with Crippen molar-refractivity contribution < 1.29 is 22.4 Å². The molecule has 1 heterocycles. The fourth-order valence-electron chi connectivity index (χ4n) is 2.30. The zero-order valence-corrected chi connectivity index (χ0v) is 10.8. The quantitative estimate of drug-likeness (QED) is 0.849. The van der Waals surface area contributed by atoms with Crippen LogP contribution in [0.1, 0.15) is 18.4 Å². The Morgan fingerprint density at radius 2 is 2.05 bits per heavy atom. The molecule has 1 saturated heterocycles. The number of carbonyl (C=O) groups is 1. The van der Waals surface area contributed by atoms with Gasteiger partial charge in [0, 0.05) is 12.2 Å². The summed E-state index contributed by atoms with van der Waals surface area (Å²) in [7, 11) is 1.62. The van der Waals surface area contributed by atoms with Gasteiger partial charge in [0.2, 0.25) is 5.91 Å². The molecule has 0 aromatic heterocycles. The van der Waals surface area contributed by atoms with Crippen LogP contribution in [0.5, 0.6) is 0 Å². The molecule has 0 saturated carbocycles. The molecular formula is C13H14F4N2O. The van der Waals surface area contributed by atoms with Crippen molar-refractivity contribution in [1.29, 1.82) is 0 Å². The SMILES string of the molecule is CNC1CCCN(c2ccc(F)c(C(F)(F)F)c2)C1=O. The number of piperidine rings is 1. The average molecular weight is 290 g/mol. The number of halogens is 4. The Labute approximate surface area is 113 Å². The van der Waals surface area contributed by atoms with E-state index in [0.717, 1.165) is 6.07 Å². The molecule has 1 unspecified atom stereocenters. The first kappa shape index (κ1) is 14.8. The van der Waals surface area contributed by atoms with Gasteiger partial charge in [-0.2, -0.15) is 13.2 Å². The Kier molecular flexibility index (Phi) is 3.99. The number of likely N-dealkylation sites (N-methyl/N-ethyl adjacent to an activating group) is 1. The summed E-state index contributed by atoms with van der Waals surface area (Å²) >= 11 is 0. The van der Waals surface area contributed by atoms with Gasteiger partial charge in [0.15, 0.2) is 0 Å². The van der Waals surface area contributed by atoms with Gasteiger partial charge in [-0.1, -0.05) is 0 Å². The third-order valence-electron chi connectivity index (χ3n) is 3.35. The first-order valence-corrected chi connectivity index (χ1v) is 6.20. The molecule has 1 amide bonds. The van der Waals surface area contributed by atoms with Gasteiger partial charge in [0.05, 0.1) is 11.6 Å². The van der Waals surface area contributed by atoms with Crippen LogP contribution in [-0.2, 0) is 11.0 Å². The van der Waals surface area contributed by atoms with E-state index in [9.17, 15) is 22.4 Å². The maximum Gasteiger partial charge on any atom is 0.419 e. The number of anilines is 1. The Hall–Kier alpha value is -1.63. The number of hydrogen-bond donors (Lipinski definition) is 1. The second kappa shape index (κ2) is 5.40. The summed E-state index contributed by atoms with van der Waals surface area (Å²) in [5.41, 5.74) is -1.28. The van der Waals surface area contributed by atoms with E-state index in [2.05, 4.69) is 5.32 Å². The maximum atomic E-state index is 13.2. The van der Waals surface area contributed by atoms with Crippen LogP contribution in [0.4, 0.5) is 23.2 Å². The molecule has 20 heavy (non-hydrogen) atoms. The Morgan fingerprint density at radius 1 is 1.35 bits per heavy atom. The van der Waals surface area contributed by atoms with Crippen molar-refractivity contribution in [2.45, 2.75) is 25.1 Å². The largest absolute Gasteiger partial charge is 0.419 e. The standard InChI is InChI=1S/C13H14F4N2O/c1-18-11-3-2-6-19(12(11)20)8-4-5-10(14)9(7-8)13(15,16)17/h4-5,7,11,18H,2-3,6H2,1H3. The second-order valence-electron chi connectivity index (χ2n) is 4.64. The third kappa shape index (κ3) is 2.77. The molecule has 1 atom stereocenters. The summed E-state index contributed by atoms with van der Waals surface area (Å²) in [6.45, 7) is 0.333. The van der Waals surface area contributed by atoms with E-state index < -0.39 is 23.6 Å². The molecule has 0 bridgehead atoms. The summed E-state index contributed by atoms with van der Waals surface area (Å²) in [6, 6.07) is 2.21. The first-order chi connectivity index (χ1) is 9.34. The normalized spacial score (nSPS) is 20.4. The molecule has 0 radical (unpaired) electrons. The zero-order valence-electron chi connectivity index (χ0n) is 10.8. The van der Waals surface area contributed by atoms with Gasteiger partial charge >= 0.3 is 6.18 Å². The van der Waals surface area contributed by atoms with Gasteiger partial charge in [-0.05, 0) is 38.1 Å². The molecule has 1 aromatic carbocycles. The Bertz CT molecular complexity index is 516. The first-order valence-electron chi connectivity index (χ1n) is 6.20. The molecule has 110 valence electrons. The van der Waals surface area contributed by atoms with E-state index in [1.165, 1.54) is 11.0 Å². The molecule has 1 fully saturated rings. The van der Waals surface area contributed by atoms with Crippen molar-refractivity contribution >= 4 is 11.6 Å². The van der Waals surface area contributed by atoms with Gasteiger partial charge in [0.1, 0.15) is 5.82 Å². The monoisotopic (exact) mass is 290 g/mol. The van der Waals surface area contributed by atoms with Crippen LogP contribution in [0.3, 0.4) is 0 Å². The summed E-state index contributed by atoms with van der Waals surface area (Å²) in [4.78, 5) is 13.4. The smallest absolute Gasteiger partial charge is 0.311 e. The molecule has 0 spiro atoms. The zero-order chi connectivity index (χ0) is 14.9.